The Hall–Kier alpha value is -1.88. The van der Waals surface area contributed by atoms with E-state index < -0.39 is 0 Å². The number of rotatable bonds is 3. The van der Waals surface area contributed by atoms with Crippen molar-refractivity contribution in [2.75, 3.05) is 0 Å². The highest BCUT2D eigenvalue weighted by molar-refractivity contribution is 5.97. The van der Waals surface area contributed by atoms with Gasteiger partial charge < -0.3 is 5.73 Å². The van der Waals surface area contributed by atoms with Gasteiger partial charge in [0.2, 0.25) is 0 Å². The zero-order valence-electron chi connectivity index (χ0n) is 7.57. The zero-order valence-corrected chi connectivity index (χ0v) is 7.57. The molecule has 0 unspecified atom stereocenters. The predicted molar refractivity (Wildman–Crippen MR) is 54.8 cm³/mol. The second kappa shape index (κ2) is 4.98. The molecule has 1 aromatic rings. The van der Waals surface area contributed by atoms with Crippen molar-refractivity contribution in [3.63, 3.8) is 0 Å². The first-order chi connectivity index (χ1) is 6.77. The molecule has 0 saturated carbocycles. The molecule has 0 radical (unpaired) electrons. The molecule has 14 heavy (non-hydrogen) atoms. The van der Waals surface area contributed by atoms with Crippen LogP contribution < -0.4 is 5.73 Å². The lowest BCUT2D eigenvalue weighted by atomic mass is 10.1. The molecule has 0 bridgehead atoms. The standard InChI is InChI=1S/C9H11N5/c10-5-7-1-3-8(4-2-7)9(12)14-13-6-11/h1-4,6,11-12H,5,10H2. The van der Waals surface area contributed by atoms with E-state index in [1.54, 1.807) is 12.1 Å². The molecule has 5 nitrogen and oxygen atoms in total. The minimum Gasteiger partial charge on any atom is -0.326 e. The molecule has 0 aromatic heterocycles. The van der Waals surface area contributed by atoms with Crippen LogP contribution in [0.3, 0.4) is 0 Å². The summed E-state index contributed by atoms with van der Waals surface area (Å²) in [6.07, 6.45) is 0.794. The summed E-state index contributed by atoms with van der Waals surface area (Å²) in [6, 6.07) is 7.19. The SMILES string of the molecule is N=CN=NC(=N)c1ccc(CN)cc1. The van der Waals surface area contributed by atoms with Gasteiger partial charge in [-0.1, -0.05) is 24.3 Å². The highest BCUT2D eigenvalue weighted by Crippen LogP contribution is 2.05. The van der Waals surface area contributed by atoms with E-state index in [4.69, 9.17) is 16.6 Å². The second-order valence-corrected chi connectivity index (χ2v) is 2.59. The molecule has 0 fully saturated rings. The van der Waals surface area contributed by atoms with Crippen molar-refractivity contribution in [3.8, 4) is 0 Å². The predicted octanol–water partition coefficient (Wildman–Crippen LogP) is 1.53. The maximum Gasteiger partial charge on any atom is 0.174 e. The van der Waals surface area contributed by atoms with Gasteiger partial charge in [0.05, 0.1) is 0 Å². The fourth-order valence-electron chi connectivity index (χ4n) is 0.943. The Morgan fingerprint density at radius 1 is 1.36 bits per heavy atom. The van der Waals surface area contributed by atoms with Crippen LogP contribution in [0.25, 0.3) is 0 Å². The number of nitrogens with one attached hydrogen (secondary N) is 2. The third-order valence-electron chi connectivity index (χ3n) is 1.68. The van der Waals surface area contributed by atoms with Gasteiger partial charge >= 0.3 is 0 Å². The lowest BCUT2D eigenvalue weighted by Gasteiger charge is -1.98. The molecule has 0 atom stereocenters. The third kappa shape index (κ3) is 2.56. The molecular weight excluding hydrogens is 178 g/mol. The highest BCUT2D eigenvalue weighted by Gasteiger charge is 1.98. The van der Waals surface area contributed by atoms with Gasteiger partial charge in [-0.25, -0.2) is 0 Å². The Morgan fingerprint density at radius 2 is 2.00 bits per heavy atom. The summed E-state index contributed by atoms with van der Waals surface area (Å²) in [7, 11) is 0. The van der Waals surface area contributed by atoms with Crippen LogP contribution >= 0.6 is 0 Å². The Bertz CT molecular complexity index is 352. The Labute approximate surface area is 81.7 Å². The smallest absolute Gasteiger partial charge is 0.174 e. The first-order valence-electron chi connectivity index (χ1n) is 4.05. The second-order valence-electron chi connectivity index (χ2n) is 2.59. The molecule has 0 aliphatic carbocycles. The highest BCUT2D eigenvalue weighted by atomic mass is 15.1. The number of benzene rings is 1. The van der Waals surface area contributed by atoms with Crippen LogP contribution in [0.2, 0.25) is 0 Å². The quantitative estimate of drug-likeness (QED) is 0.375. The van der Waals surface area contributed by atoms with Gasteiger partial charge in [-0.05, 0) is 5.56 Å². The summed E-state index contributed by atoms with van der Waals surface area (Å²) in [4.78, 5) is 0. The van der Waals surface area contributed by atoms with Crippen molar-refractivity contribution < 1.29 is 0 Å². The summed E-state index contributed by atoms with van der Waals surface area (Å²) in [5, 5.41) is 20.9. The van der Waals surface area contributed by atoms with E-state index in [-0.39, 0.29) is 5.84 Å². The average molecular weight is 189 g/mol. The number of amidine groups is 1. The summed E-state index contributed by atoms with van der Waals surface area (Å²) in [5.41, 5.74) is 7.10. The molecule has 1 aromatic carbocycles. The monoisotopic (exact) mass is 189 g/mol. The van der Waals surface area contributed by atoms with Crippen LogP contribution in [0, 0.1) is 10.8 Å². The molecule has 72 valence electrons. The van der Waals surface area contributed by atoms with E-state index in [1.165, 1.54) is 0 Å². The van der Waals surface area contributed by atoms with Gasteiger partial charge in [-0.2, -0.15) is 0 Å². The molecule has 0 aliphatic rings. The van der Waals surface area contributed by atoms with E-state index in [1.807, 2.05) is 12.1 Å². The van der Waals surface area contributed by atoms with Crippen LogP contribution in [-0.2, 0) is 6.54 Å². The van der Waals surface area contributed by atoms with Crippen LogP contribution in [0.4, 0.5) is 0 Å². The minimum absolute atomic E-state index is 0.0390. The van der Waals surface area contributed by atoms with Gasteiger partial charge in [-0.3, -0.25) is 10.8 Å². The largest absolute Gasteiger partial charge is 0.326 e. The van der Waals surface area contributed by atoms with Gasteiger partial charge in [0, 0.05) is 12.1 Å². The topological polar surface area (TPSA) is 98.4 Å². The maximum absolute atomic E-state index is 7.47. The molecule has 0 aliphatic heterocycles. The van der Waals surface area contributed by atoms with Crippen molar-refractivity contribution in [1.82, 2.24) is 0 Å². The summed E-state index contributed by atoms with van der Waals surface area (Å²) < 4.78 is 0. The number of hydrogen-bond acceptors (Lipinski definition) is 3. The number of azo groups is 1. The third-order valence-corrected chi connectivity index (χ3v) is 1.68. The molecule has 1 rings (SSSR count). The Balaban J connectivity index is 2.81. The van der Waals surface area contributed by atoms with Crippen molar-refractivity contribution in [3.05, 3.63) is 35.4 Å². The minimum atomic E-state index is 0.0390. The van der Waals surface area contributed by atoms with Gasteiger partial charge in [-0.15, -0.1) is 10.2 Å². The molecule has 0 amide bonds. The zero-order chi connectivity index (χ0) is 10.4. The first kappa shape index (κ1) is 10.2. The van der Waals surface area contributed by atoms with Crippen molar-refractivity contribution >= 4 is 12.2 Å². The average Bonchev–Trinajstić information content (AvgIpc) is 2.26. The Morgan fingerprint density at radius 3 is 2.50 bits per heavy atom. The fourth-order valence-corrected chi connectivity index (χ4v) is 0.943. The fraction of sp³-hybridized carbons (Fsp3) is 0.111. The number of nitrogens with zero attached hydrogens (tertiary/aromatic N) is 2. The molecule has 0 spiro atoms. The van der Waals surface area contributed by atoms with E-state index >= 15 is 0 Å². The van der Waals surface area contributed by atoms with E-state index in [0.717, 1.165) is 11.9 Å². The normalized spacial score (nSPS) is 10.4. The molecule has 0 saturated heterocycles. The Kier molecular flexibility index (Phi) is 3.63. The lowest BCUT2D eigenvalue weighted by Crippen LogP contribution is -1.98. The van der Waals surface area contributed by atoms with Crippen molar-refractivity contribution in [2.24, 2.45) is 16.0 Å². The van der Waals surface area contributed by atoms with Crippen molar-refractivity contribution in [1.29, 1.82) is 10.8 Å². The van der Waals surface area contributed by atoms with Gasteiger partial charge in [0.15, 0.2) is 5.84 Å². The van der Waals surface area contributed by atoms with Crippen LogP contribution in [0.1, 0.15) is 11.1 Å². The lowest BCUT2D eigenvalue weighted by molar-refractivity contribution is 1.07. The number of nitrogens with two attached hydrogens (primary N) is 1. The van der Waals surface area contributed by atoms with E-state index in [9.17, 15) is 0 Å². The van der Waals surface area contributed by atoms with Gasteiger partial charge in [0.25, 0.3) is 0 Å². The van der Waals surface area contributed by atoms with E-state index in [2.05, 4.69) is 10.2 Å². The number of hydrogen-bond donors (Lipinski definition) is 3. The molecular formula is C9H11N5. The summed E-state index contributed by atoms with van der Waals surface area (Å²) in [6.45, 7) is 0.482. The first-order valence-corrected chi connectivity index (χ1v) is 4.05. The summed E-state index contributed by atoms with van der Waals surface area (Å²) in [5.74, 6) is 0.0390. The van der Waals surface area contributed by atoms with Gasteiger partial charge in [0.1, 0.15) is 6.34 Å². The van der Waals surface area contributed by atoms with Crippen LogP contribution in [-0.4, -0.2) is 12.2 Å². The summed E-state index contributed by atoms with van der Waals surface area (Å²) >= 11 is 0. The molecule has 5 heteroatoms. The van der Waals surface area contributed by atoms with Crippen molar-refractivity contribution in [2.45, 2.75) is 6.54 Å². The maximum atomic E-state index is 7.47. The molecule has 0 heterocycles. The van der Waals surface area contributed by atoms with Crippen LogP contribution in [0.15, 0.2) is 34.5 Å². The molecule has 4 N–H and O–H groups in total. The van der Waals surface area contributed by atoms with E-state index in [0.29, 0.717) is 12.1 Å². The van der Waals surface area contributed by atoms with Crippen LogP contribution in [0.5, 0.6) is 0 Å².